The van der Waals surface area contributed by atoms with Gasteiger partial charge in [-0.25, -0.2) is 0 Å². The molecule has 0 aliphatic carbocycles. The third-order valence-electron chi connectivity index (χ3n) is 4.33. The van der Waals surface area contributed by atoms with E-state index >= 15 is 0 Å². The molecule has 0 fully saturated rings. The number of rotatable bonds is 7. The molecule has 2 N–H and O–H groups in total. The summed E-state index contributed by atoms with van der Waals surface area (Å²) in [5, 5.41) is 21.5. The zero-order chi connectivity index (χ0) is 21.6. The second-order valence-corrected chi connectivity index (χ2v) is 7.41. The number of methoxy groups -OCH3 is 1. The highest BCUT2D eigenvalue weighted by Gasteiger charge is 2.18. The van der Waals surface area contributed by atoms with Gasteiger partial charge in [-0.15, -0.1) is 10.2 Å². The fourth-order valence-corrected chi connectivity index (χ4v) is 3.69. The number of phenols is 1. The van der Waals surface area contributed by atoms with Gasteiger partial charge >= 0.3 is 0 Å². The number of aromatic hydroxyl groups is 1. The van der Waals surface area contributed by atoms with Crippen LogP contribution in [0.4, 0.5) is 5.69 Å². The van der Waals surface area contributed by atoms with Gasteiger partial charge in [0.1, 0.15) is 11.5 Å². The van der Waals surface area contributed by atoms with Gasteiger partial charge in [-0.1, -0.05) is 23.9 Å². The molecule has 0 aliphatic heterocycles. The van der Waals surface area contributed by atoms with Crippen LogP contribution in [0.3, 0.4) is 0 Å². The van der Waals surface area contributed by atoms with Crippen LogP contribution in [0.1, 0.15) is 0 Å². The van der Waals surface area contributed by atoms with Crippen molar-refractivity contribution in [1.29, 1.82) is 0 Å². The van der Waals surface area contributed by atoms with Crippen molar-refractivity contribution < 1.29 is 14.6 Å². The van der Waals surface area contributed by atoms with Crippen molar-refractivity contribution >= 4 is 23.4 Å². The number of aromatic nitrogens is 4. The van der Waals surface area contributed by atoms with Crippen molar-refractivity contribution in [2.45, 2.75) is 5.16 Å². The van der Waals surface area contributed by atoms with Crippen molar-refractivity contribution in [1.82, 2.24) is 19.7 Å². The maximum atomic E-state index is 12.4. The maximum Gasteiger partial charge on any atom is 0.234 e. The minimum absolute atomic E-state index is 0.0873. The van der Waals surface area contributed by atoms with Gasteiger partial charge in [0.2, 0.25) is 5.91 Å². The second-order valence-electron chi connectivity index (χ2n) is 6.47. The Kier molecular flexibility index (Phi) is 6.13. The molecule has 9 heteroatoms. The number of benzene rings is 2. The Bertz CT molecular complexity index is 1200. The van der Waals surface area contributed by atoms with Crippen LogP contribution in [0.15, 0.2) is 78.2 Å². The van der Waals surface area contributed by atoms with Crippen LogP contribution in [0.2, 0.25) is 0 Å². The van der Waals surface area contributed by atoms with Gasteiger partial charge in [0.25, 0.3) is 0 Å². The van der Waals surface area contributed by atoms with Gasteiger partial charge in [0.15, 0.2) is 11.0 Å². The average Bonchev–Trinajstić information content (AvgIpc) is 3.22. The van der Waals surface area contributed by atoms with Gasteiger partial charge in [-0.3, -0.25) is 14.3 Å². The first-order valence-corrected chi connectivity index (χ1v) is 10.3. The van der Waals surface area contributed by atoms with Crippen LogP contribution in [0.5, 0.6) is 11.5 Å². The molecule has 2 aromatic heterocycles. The maximum absolute atomic E-state index is 12.4. The van der Waals surface area contributed by atoms with Gasteiger partial charge in [0.05, 0.1) is 18.6 Å². The van der Waals surface area contributed by atoms with E-state index in [0.717, 1.165) is 11.3 Å². The van der Waals surface area contributed by atoms with E-state index in [1.807, 2.05) is 41.0 Å². The number of carbonyl (C=O) groups excluding carboxylic acids is 1. The molecule has 156 valence electrons. The van der Waals surface area contributed by atoms with Crippen LogP contribution < -0.4 is 10.1 Å². The topological polar surface area (TPSA) is 102 Å². The molecular formula is C22H19N5O3S. The molecule has 0 bridgehead atoms. The number of nitrogens with zero attached hydrogens (tertiary/aromatic N) is 4. The number of phenolic OH excluding ortho intramolecular Hbond substituents is 1. The molecule has 8 nitrogen and oxygen atoms in total. The highest BCUT2D eigenvalue weighted by molar-refractivity contribution is 7.99. The lowest BCUT2D eigenvalue weighted by molar-refractivity contribution is -0.113. The number of nitrogens with one attached hydrogen (secondary N) is 1. The average molecular weight is 433 g/mol. The SMILES string of the molecule is COc1cccc(-n2c(SCC(=O)Nc3cccc(O)c3)nnc2-c2cccnc2)c1. The highest BCUT2D eigenvalue weighted by Crippen LogP contribution is 2.29. The van der Waals surface area contributed by atoms with Crippen LogP contribution in [-0.4, -0.2) is 43.6 Å². The molecule has 2 heterocycles. The summed E-state index contributed by atoms with van der Waals surface area (Å²) < 4.78 is 7.22. The third kappa shape index (κ3) is 4.84. The van der Waals surface area contributed by atoms with Gasteiger partial charge in [-0.2, -0.15) is 0 Å². The Hall–Kier alpha value is -3.85. The molecule has 0 saturated carbocycles. The van der Waals surface area contributed by atoms with E-state index < -0.39 is 0 Å². The number of hydrogen-bond donors (Lipinski definition) is 2. The molecular weight excluding hydrogens is 414 g/mol. The largest absolute Gasteiger partial charge is 0.508 e. The van der Waals surface area contributed by atoms with Crippen LogP contribution >= 0.6 is 11.8 Å². The summed E-state index contributed by atoms with van der Waals surface area (Å²) in [6.45, 7) is 0. The molecule has 0 spiro atoms. The van der Waals surface area contributed by atoms with Gasteiger partial charge in [0, 0.05) is 35.8 Å². The van der Waals surface area contributed by atoms with E-state index in [9.17, 15) is 9.90 Å². The molecule has 1 amide bonds. The summed E-state index contributed by atoms with van der Waals surface area (Å²) in [5.74, 6) is 1.28. The molecule has 0 radical (unpaired) electrons. The Labute approximate surface area is 182 Å². The standard InChI is InChI=1S/C22H19N5O3S/c1-30-19-9-3-7-17(12-19)27-21(15-5-4-10-23-13-15)25-26-22(27)31-14-20(29)24-16-6-2-8-18(28)11-16/h2-13,28H,14H2,1H3,(H,24,29). The van der Waals surface area contributed by atoms with E-state index in [-0.39, 0.29) is 17.4 Å². The van der Waals surface area contributed by atoms with E-state index in [1.165, 1.54) is 17.8 Å². The number of pyridine rings is 1. The van der Waals surface area contributed by atoms with E-state index in [4.69, 9.17) is 4.74 Å². The van der Waals surface area contributed by atoms with Crippen LogP contribution in [0, 0.1) is 0 Å². The molecule has 2 aromatic carbocycles. The first-order valence-electron chi connectivity index (χ1n) is 9.36. The molecule has 0 unspecified atom stereocenters. The fraction of sp³-hybridized carbons (Fsp3) is 0.0909. The van der Waals surface area contributed by atoms with Crippen molar-refractivity contribution in [3.8, 4) is 28.6 Å². The lowest BCUT2D eigenvalue weighted by atomic mass is 10.2. The Morgan fingerprint density at radius 1 is 1.13 bits per heavy atom. The first kappa shape index (κ1) is 20.4. The molecule has 4 aromatic rings. The molecule has 0 saturated heterocycles. The summed E-state index contributed by atoms with van der Waals surface area (Å²) in [6.07, 6.45) is 3.40. The molecule has 4 rings (SSSR count). The monoisotopic (exact) mass is 433 g/mol. The van der Waals surface area contributed by atoms with Gasteiger partial charge < -0.3 is 15.2 Å². The van der Waals surface area contributed by atoms with E-state index in [1.54, 1.807) is 37.7 Å². The van der Waals surface area contributed by atoms with Crippen molar-refractivity contribution in [3.05, 3.63) is 73.1 Å². The van der Waals surface area contributed by atoms with Crippen molar-refractivity contribution in [3.63, 3.8) is 0 Å². The summed E-state index contributed by atoms with van der Waals surface area (Å²) >= 11 is 1.26. The summed E-state index contributed by atoms with van der Waals surface area (Å²) in [4.78, 5) is 16.6. The minimum atomic E-state index is -0.223. The van der Waals surface area contributed by atoms with Crippen molar-refractivity contribution in [2.24, 2.45) is 0 Å². The quantitative estimate of drug-likeness (QED) is 0.428. The smallest absolute Gasteiger partial charge is 0.234 e. The summed E-state index contributed by atoms with van der Waals surface area (Å²) in [5.41, 5.74) is 2.13. The third-order valence-corrected chi connectivity index (χ3v) is 5.26. The number of hydrogen-bond acceptors (Lipinski definition) is 7. The Morgan fingerprint density at radius 2 is 2.00 bits per heavy atom. The predicted molar refractivity (Wildman–Crippen MR) is 119 cm³/mol. The molecule has 31 heavy (non-hydrogen) atoms. The normalized spacial score (nSPS) is 10.6. The predicted octanol–water partition coefficient (Wildman–Crippen LogP) is 3.77. The number of amides is 1. The lowest BCUT2D eigenvalue weighted by Gasteiger charge is -2.11. The lowest BCUT2D eigenvalue weighted by Crippen LogP contribution is -2.14. The zero-order valence-corrected chi connectivity index (χ0v) is 17.4. The summed E-state index contributed by atoms with van der Waals surface area (Å²) in [7, 11) is 1.61. The number of anilines is 1. The number of carbonyl (C=O) groups is 1. The molecule has 0 atom stereocenters. The minimum Gasteiger partial charge on any atom is -0.508 e. The van der Waals surface area contributed by atoms with E-state index in [0.29, 0.717) is 22.4 Å². The van der Waals surface area contributed by atoms with Crippen LogP contribution in [0.25, 0.3) is 17.1 Å². The van der Waals surface area contributed by atoms with Gasteiger partial charge in [-0.05, 0) is 36.4 Å². The van der Waals surface area contributed by atoms with Crippen LogP contribution in [-0.2, 0) is 4.79 Å². The van der Waals surface area contributed by atoms with E-state index in [2.05, 4.69) is 20.5 Å². The summed E-state index contributed by atoms with van der Waals surface area (Å²) in [6, 6.07) is 17.7. The number of thioether (sulfide) groups is 1. The zero-order valence-electron chi connectivity index (χ0n) is 16.6. The Balaban J connectivity index is 1.61. The molecule has 0 aliphatic rings. The highest BCUT2D eigenvalue weighted by atomic mass is 32.2. The Morgan fingerprint density at radius 3 is 2.77 bits per heavy atom. The first-order chi connectivity index (χ1) is 15.1. The number of ether oxygens (including phenoxy) is 1. The second kappa shape index (κ2) is 9.31. The fourth-order valence-electron chi connectivity index (χ4n) is 2.94. The van der Waals surface area contributed by atoms with Crippen molar-refractivity contribution in [2.75, 3.05) is 18.2 Å².